The molecule has 0 aliphatic heterocycles. The van der Waals surface area contributed by atoms with Gasteiger partial charge in [-0.15, -0.1) is 0 Å². The summed E-state index contributed by atoms with van der Waals surface area (Å²) in [4.78, 5) is 0. The Balaban J connectivity index is 1.82. The van der Waals surface area contributed by atoms with Gasteiger partial charge in [0.25, 0.3) is 0 Å². The molecule has 0 radical (unpaired) electrons. The molecule has 0 spiro atoms. The van der Waals surface area contributed by atoms with Crippen molar-refractivity contribution in [2.45, 2.75) is 43.9 Å². The number of benzene rings is 1. The average Bonchev–Trinajstić information content (AvgIpc) is 2.80. The van der Waals surface area contributed by atoms with E-state index in [1.165, 1.54) is 36.8 Å². The maximum atomic E-state index is 6.20. The molecule has 88 valence electrons. The Morgan fingerprint density at radius 2 is 1.88 bits per heavy atom. The van der Waals surface area contributed by atoms with E-state index in [9.17, 15) is 0 Å². The van der Waals surface area contributed by atoms with Gasteiger partial charge in [-0.05, 0) is 25.3 Å². The van der Waals surface area contributed by atoms with Crippen LogP contribution in [0.15, 0.2) is 24.3 Å². The van der Waals surface area contributed by atoms with Crippen molar-refractivity contribution in [1.82, 2.24) is 0 Å². The summed E-state index contributed by atoms with van der Waals surface area (Å²) in [5, 5.41) is 0.872. The maximum absolute atomic E-state index is 6.20. The normalized spacial score (nSPS) is 18.9. The fourth-order valence-electron chi connectivity index (χ4n) is 2.20. The Morgan fingerprint density at radius 1 is 1.25 bits per heavy atom. The molecular weight excluding hydrogens is 214 g/mol. The Kier molecular flexibility index (Phi) is 4.30. The first-order valence-corrected chi connectivity index (χ1v) is 7.24. The minimum atomic E-state index is 0.200. The Morgan fingerprint density at radius 3 is 2.50 bits per heavy atom. The first kappa shape index (κ1) is 12.0. The molecule has 1 aliphatic carbocycles. The van der Waals surface area contributed by atoms with Crippen molar-refractivity contribution in [3.63, 3.8) is 0 Å². The third-order valence-corrected chi connectivity index (χ3v) is 4.81. The molecule has 2 heteroatoms. The van der Waals surface area contributed by atoms with Crippen LogP contribution < -0.4 is 5.73 Å². The number of nitrogens with two attached hydrogens (primary N) is 1. The SMILES string of the molecule is Cc1ccc(C(N)CSC2CCCC2)cc1. The first-order chi connectivity index (χ1) is 7.75. The van der Waals surface area contributed by atoms with Crippen molar-refractivity contribution >= 4 is 11.8 Å². The fraction of sp³-hybridized carbons (Fsp3) is 0.571. The molecule has 1 unspecified atom stereocenters. The monoisotopic (exact) mass is 235 g/mol. The summed E-state index contributed by atoms with van der Waals surface area (Å²) in [7, 11) is 0. The van der Waals surface area contributed by atoms with Crippen molar-refractivity contribution in [1.29, 1.82) is 0 Å². The largest absolute Gasteiger partial charge is 0.323 e. The van der Waals surface area contributed by atoms with Gasteiger partial charge in [-0.25, -0.2) is 0 Å². The van der Waals surface area contributed by atoms with Gasteiger partial charge in [0.1, 0.15) is 0 Å². The molecule has 0 heterocycles. The van der Waals surface area contributed by atoms with Gasteiger partial charge in [0.15, 0.2) is 0 Å². The second-order valence-electron chi connectivity index (χ2n) is 4.76. The fourth-order valence-corrected chi connectivity index (χ4v) is 3.54. The highest BCUT2D eigenvalue weighted by Gasteiger charge is 2.16. The van der Waals surface area contributed by atoms with Gasteiger partial charge in [-0.2, -0.15) is 11.8 Å². The number of thioether (sulfide) groups is 1. The van der Waals surface area contributed by atoms with E-state index in [1.54, 1.807) is 0 Å². The van der Waals surface area contributed by atoms with Crippen LogP contribution in [0.3, 0.4) is 0 Å². The van der Waals surface area contributed by atoms with E-state index in [-0.39, 0.29) is 6.04 Å². The number of rotatable bonds is 4. The van der Waals surface area contributed by atoms with E-state index in [0.717, 1.165) is 11.0 Å². The minimum absolute atomic E-state index is 0.200. The molecule has 1 saturated carbocycles. The number of aryl methyl sites for hydroxylation is 1. The molecule has 1 aromatic rings. The summed E-state index contributed by atoms with van der Waals surface area (Å²) in [6.45, 7) is 2.11. The third kappa shape index (κ3) is 3.26. The van der Waals surface area contributed by atoms with E-state index < -0.39 is 0 Å². The Labute approximate surface area is 103 Å². The standard InChI is InChI=1S/C14H21NS/c1-11-6-8-12(9-7-11)14(15)10-16-13-4-2-3-5-13/h6-9,13-14H,2-5,10,15H2,1H3. The van der Waals surface area contributed by atoms with Crippen molar-refractivity contribution in [2.24, 2.45) is 5.73 Å². The lowest BCUT2D eigenvalue weighted by Gasteiger charge is -2.15. The average molecular weight is 235 g/mol. The van der Waals surface area contributed by atoms with Gasteiger partial charge >= 0.3 is 0 Å². The second-order valence-corrected chi connectivity index (χ2v) is 6.09. The Hall–Kier alpha value is -0.470. The molecule has 2 rings (SSSR count). The molecule has 16 heavy (non-hydrogen) atoms. The highest BCUT2D eigenvalue weighted by Crippen LogP contribution is 2.31. The number of hydrogen-bond donors (Lipinski definition) is 1. The van der Waals surface area contributed by atoms with E-state index >= 15 is 0 Å². The number of hydrogen-bond acceptors (Lipinski definition) is 2. The van der Waals surface area contributed by atoms with Crippen molar-refractivity contribution in [2.75, 3.05) is 5.75 Å². The first-order valence-electron chi connectivity index (χ1n) is 6.19. The van der Waals surface area contributed by atoms with Gasteiger partial charge in [0.2, 0.25) is 0 Å². The van der Waals surface area contributed by atoms with Crippen molar-refractivity contribution in [3.8, 4) is 0 Å². The smallest absolute Gasteiger partial charge is 0.0386 e. The van der Waals surface area contributed by atoms with E-state index in [1.807, 2.05) is 0 Å². The van der Waals surface area contributed by atoms with Crippen molar-refractivity contribution in [3.05, 3.63) is 35.4 Å². The molecular formula is C14H21NS. The third-order valence-electron chi connectivity index (χ3n) is 3.32. The highest BCUT2D eigenvalue weighted by atomic mass is 32.2. The van der Waals surface area contributed by atoms with Crippen LogP contribution in [0.25, 0.3) is 0 Å². The predicted octanol–water partition coefficient (Wildman–Crippen LogP) is 3.67. The van der Waals surface area contributed by atoms with Crippen LogP contribution in [-0.4, -0.2) is 11.0 Å². The highest BCUT2D eigenvalue weighted by molar-refractivity contribution is 7.99. The van der Waals surface area contributed by atoms with Gasteiger partial charge in [0, 0.05) is 17.0 Å². The Bertz CT molecular complexity index is 314. The quantitative estimate of drug-likeness (QED) is 0.861. The van der Waals surface area contributed by atoms with Gasteiger partial charge in [0.05, 0.1) is 0 Å². The van der Waals surface area contributed by atoms with Crippen LogP contribution in [0.4, 0.5) is 0 Å². The molecule has 2 N–H and O–H groups in total. The lowest BCUT2D eigenvalue weighted by atomic mass is 10.1. The van der Waals surface area contributed by atoms with E-state index in [2.05, 4.69) is 43.0 Å². The van der Waals surface area contributed by atoms with Crippen LogP contribution in [0, 0.1) is 6.92 Å². The summed E-state index contributed by atoms with van der Waals surface area (Å²) in [6, 6.07) is 8.82. The molecule has 0 saturated heterocycles. The van der Waals surface area contributed by atoms with E-state index in [0.29, 0.717) is 0 Å². The van der Waals surface area contributed by atoms with Crippen LogP contribution in [0.5, 0.6) is 0 Å². The lowest BCUT2D eigenvalue weighted by molar-refractivity contribution is 0.820. The van der Waals surface area contributed by atoms with Crippen LogP contribution >= 0.6 is 11.8 Å². The van der Waals surface area contributed by atoms with Gasteiger partial charge in [-0.1, -0.05) is 42.7 Å². The van der Waals surface area contributed by atoms with E-state index in [4.69, 9.17) is 5.73 Å². The molecule has 1 nitrogen and oxygen atoms in total. The molecule has 1 aliphatic rings. The second kappa shape index (κ2) is 5.74. The summed E-state index contributed by atoms with van der Waals surface area (Å²) < 4.78 is 0. The van der Waals surface area contributed by atoms with Gasteiger partial charge in [-0.3, -0.25) is 0 Å². The molecule has 0 aromatic heterocycles. The molecule has 0 bridgehead atoms. The van der Waals surface area contributed by atoms with Crippen LogP contribution in [0.2, 0.25) is 0 Å². The van der Waals surface area contributed by atoms with Gasteiger partial charge < -0.3 is 5.73 Å². The summed E-state index contributed by atoms with van der Waals surface area (Å²) in [6.07, 6.45) is 5.62. The summed E-state index contributed by atoms with van der Waals surface area (Å²) in [5.74, 6) is 1.06. The van der Waals surface area contributed by atoms with Crippen LogP contribution in [0.1, 0.15) is 42.9 Å². The molecule has 1 atom stereocenters. The lowest BCUT2D eigenvalue weighted by Crippen LogP contribution is -2.14. The molecule has 1 aromatic carbocycles. The zero-order chi connectivity index (χ0) is 11.4. The predicted molar refractivity (Wildman–Crippen MR) is 72.8 cm³/mol. The zero-order valence-electron chi connectivity index (χ0n) is 9.99. The molecule has 0 amide bonds. The van der Waals surface area contributed by atoms with Crippen LogP contribution in [-0.2, 0) is 0 Å². The summed E-state index contributed by atoms with van der Waals surface area (Å²) >= 11 is 2.07. The minimum Gasteiger partial charge on any atom is -0.323 e. The van der Waals surface area contributed by atoms with Crippen molar-refractivity contribution < 1.29 is 0 Å². The summed E-state index contributed by atoms with van der Waals surface area (Å²) in [5.41, 5.74) is 8.78. The zero-order valence-corrected chi connectivity index (χ0v) is 10.8. The molecule has 1 fully saturated rings. The maximum Gasteiger partial charge on any atom is 0.0386 e. The topological polar surface area (TPSA) is 26.0 Å².